The SMILES string of the molecule is COc1ccc(-c2ncc3c(n2)-c2c(c(C(=O)O)nn2C(c2ccccc2)(c2ccccc2)c2ccccc2)CC3)cc1. The molecule has 0 unspecified atom stereocenters. The fraction of sp³-hybridized carbons (Fsp3) is 0.111. The van der Waals surface area contributed by atoms with Gasteiger partial charge in [0.25, 0.3) is 0 Å². The first-order valence-electron chi connectivity index (χ1n) is 14.1. The third-order valence-corrected chi connectivity index (χ3v) is 8.16. The number of fused-ring (bicyclic) bond motifs is 3. The Bertz CT molecular complexity index is 1820. The molecule has 0 radical (unpaired) electrons. The molecular weight excluding hydrogens is 536 g/mol. The van der Waals surface area contributed by atoms with Crippen LogP contribution in [0.15, 0.2) is 121 Å². The third-order valence-electron chi connectivity index (χ3n) is 8.16. The molecule has 0 amide bonds. The Hall–Kier alpha value is -5.56. The van der Waals surface area contributed by atoms with Gasteiger partial charge in [-0.3, -0.25) is 0 Å². The lowest BCUT2D eigenvalue weighted by molar-refractivity contribution is 0.0687. The Morgan fingerprint density at radius 3 is 1.86 bits per heavy atom. The summed E-state index contributed by atoms with van der Waals surface area (Å²) < 4.78 is 7.24. The van der Waals surface area contributed by atoms with Gasteiger partial charge in [0, 0.05) is 17.3 Å². The van der Waals surface area contributed by atoms with Crippen LogP contribution >= 0.6 is 0 Å². The standard InChI is InChI=1S/C36H28N4O3/c1-43-29-20-17-24(18-21-29)34-37-23-25-19-22-30-32(35(41)42)39-40(33(30)31(25)38-34)36(26-11-5-2-6-12-26,27-13-7-3-8-14-27)28-15-9-4-10-16-28/h2-18,20-21,23H,19,22H2,1H3,(H,41,42). The van der Waals surface area contributed by atoms with Gasteiger partial charge in [0.1, 0.15) is 11.3 Å². The van der Waals surface area contributed by atoms with Crippen molar-refractivity contribution in [1.82, 2.24) is 19.7 Å². The molecule has 1 aliphatic rings. The molecule has 0 fully saturated rings. The van der Waals surface area contributed by atoms with Crippen LogP contribution in [0.25, 0.3) is 22.8 Å². The van der Waals surface area contributed by atoms with Crippen molar-refractivity contribution < 1.29 is 14.6 Å². The molecule has 7 rings (SSSR count). The number of aromatic nitrogens is 4. The topological polar surface area (TPSA) is 90.1 Å². The second-order valence-electron chi connectivity index (χ2n) is 10.5. The van der Waals surface area contributed by atoms with E-state index in [0.29, 0.717) is 35.6 Å². The van der Waals surface area contributed by atoms with Gasteiger partial charge in [0.15, 0.2) is 11.5 Å². The molecule has 4 aromatic carbocycles. The minimum Gasteiger partial charge on any atom is -0.497 e. The number of aromatic carboxylic acids is 1. The van der Waals surface area contributed by atoms with Gasteiger partial charge in [-0.1, -0.05) is 91.0 Å². The van der Waals surface area contributed by atoms with Crippen LogP contribution in [-0.4, -0.2) is 37.9 Å². The van der Waals surface area contributed by atoms with Gasteiger partial charge in [-0.25, -0.2) is 19.4 Å². The number of nitrogens with zero attached hydrogens (tertiary/aromatic N) is 4. The highest BCUT2D eigenvalue weighted by atomic mass is 16.5. The first kappa shape index (κ1) is 26.3. The fourth-order valence-corrected chi connectivity index (χ4v) is 6.18. The zero-order chi connectivity index (χ0) is 29.4. The van der Waals surface area contributed by atoms with Crippen LogP contribution in [0.4, 0.5) is 0 Å². The molecule has 1 N–H and O–H groups in total. The highest BCUT2D eigenvalue weighted by Crippen LogP contribution is 2.46. The van der Waals surface area contributed by atoms with E-state index in [1.807, 2.05) is 89.7 Å². The molecular formula is C36H28N4O3. The van der Waals surface area contributed by atoms with Crippen molar-refractivity contribution in [2.75, 3.05) is 7.11 Å². The van der Waals surface area contributed by atoms with Crippen LogP contribution in [0.3, 0.4) is 0 Å². The summed E-state index contributed by atoms with van der Waals surface area (Å²) in [5.74, 6) is 0.223. The Morgan fingerprint density at radius 1 is 0.791 bits per heavy atom. The second kappa shape index (κ2) is 10.7. The zero-order valence-corrected chi connectivity index (χ0v) is 23.5. The van der Waals surface area contributed by atoms with Crippen molar-refractivity contribution in [3.05, 3.63) is 155 Å². The first-order chi connectivity index (χ1) is 21.1. The molecule has 1 aliphatic carbocycles. The maximum absolute atomic E-state index is 12.8. The summed E-state index contributed by atoms with van der Waals surface area (Å²) in [7, 11) is 1.63. The summed E-state index contributed by atoms with van der Waals surface area (Å²) in [5, 5.41) is 15.4. The average Bonchev–Trinajstić information content (AvgIpc) is 3.47. The van der Waals surface area contributed by atoms with Gasteiger partial charge in [0.2, 0.25) is 0 Å². The highest BCUT2D eigenvalue weighted by Gasteiger charge is 2.44. The molecule has 43 heavy (non-hydrogen) atoms. The molecule has 7 nitrogen and oxygen atoms in total. The van der Waals surface area contributed by atoms with Crippen LogP contribution in [0.2, 0.25) is 0 Å². The zero-order valence-electron chi connectivity index (χ0n) is 23.5. The van der Waals surface area contributed by atoms with Gasteiger partial charge in [-0.05, 0) is 59.4 Å². The Morgan fingerprint density at radius 2 is 1.35 bits per heavy atom. The summed E-state index contributed by atoms with van der Waals surface area (Å²) in [6.07, 6.45) is 2.99. The normalized spacial score (nSPS) is 12.3. The lowest BCUT2D eigenvalue weighted by Crippen LogP contribution is -2.39. The molecule has 210 valence electrons. The van der Waals surface area contributed by atoms with Crippen molar-refractivity contribution in [2.24, 2.45) is 0 Å². The molecule has 0 spiro atoms. The maximum Gasteiger partial charge on any atom is 0.356 e. The number of methoxy groups -OCH3 is 1. The van der Waals surface area contributed by atoms with Gasteiger partial charge in [-0.2, -0.15) is 5.10 Å². The molecule has 6 aromatic rings. The highest BCUT2D eigenvalue weighted by molar-refractivity contribution is 5.90. The monoisotopic (exact) mass is 564 g/mol. The summed E-state index contributed by atoms with van der Waals surface area (Å²) in [5.41, 5.74) is 5.72. The van der Waals surface area contributed by atoms with Crippen molar-refractivity contribution in [3.8, 4) is 28.5 Å². The lowest BCUT2D eigenvalue weighted by atomic mass is 9.76. The molecule has 2 aromatic heterocycles. The number of ether oxygens (including phenoxy) is 1. The van der Waals surface area contributed by atoms with E-state index < -0.39 is 11.5 Å². The average molecular weight is 565 g/mol. The summed E-state index contributed by atoms with van der Waals surface area (Å²) in [4.78, 5) is 22.6. The number of benzene rings is 4. The van der Waals surface area contributed by atoms with E-state index in [0.717, 1.165) is 33.6 Å². The summed E-state index contributed by atoms with van der Waals surface area (Å²) in [6.45, 7) is 0. The number of carbonyl (C=O) groups is 1. The molecule has 0 aliphatic heterocycles. The van der Waals surface area contributed by atoms with Crippen LogP contribution < -0.4 is 4.74 Å². The number of rotatable bonds is 7. The van der Waals surface area contributed by atoms with Crippen LogP contribution in [-0.2, 0) is 18.4 Å². The van der Waals surface area contributed by atoms with E-state index in [2.05, 4.69) is 36.4 Å². The number of carboxylic acids is 1. The van der Waals surface area contributed by atoms with Crippen molar-refractivity contribution in [1.29, 1.82) is 0 Å². The van der Waals surface area contributed by atoms with Crippen molar-refractivity contribution >= 4 is 5.97 Å². The van der Waals surface area contributed by atoms with Crippen LogP contribution in [0.5, 0.6) is 5.75 Å². The molecule has 0 bridgehead atoms. The van der Waals surface area contributed by atoms with E-state index >= 15 is 0 Å². The molecule has 7 heteroatoms. The van der Waals surface area contributed by atoms with Crippen LogP contribution in [0, 0.1) is 0 Å². The van der Waals surface area contributed by atoms with E-state index in [1.165, 1.54) is 0 Å². The van der Waals surface area contributed by atoms with Crippen molar-refractivity contribution in [3.63, 3.8) is 0 Å². The second-order valence-corrected chi connectivity index (χ2v) is 10.5. The maximum atomic E-state index is 12.8. The lowest BCUT2D eigenvalue weighted by Gasteiger charge is -2.38. The number of carboxylic acid groups (broad SMARTS) is 1. The molecule has 0 atom stereocenters. The minimum absolute atomic E-state index is 0.0393. The summed E-state index contributed by atoms with van der Waals surface area (Å²) >= 11 is 0. The Kier molecular flexibility index (Phi) is 6.55. The predicted molar refractivity (Wildman–Crippen MR) is 164 cm³/mol. The van der Waals surface area contributed by atoms with Gasteiger partial charge in [-0.15, -0.1) is 0 Å². The number of hydrogen-bond acceptors (Lipinski definition) is 5. The van der Waals surface area contributed by atoms with Gasteiger partial charge >= 0.3 is 5.97 Å². The first-order valence-corrected chi connectivity index (χ1v) is 14.1. The Balaban J connectivity index is 1.58. The van der Waals surface area contributed by atoms with Gasteiger partial charge in [0.05, 0.1) is 18.5 Å². The number of aryl methyl sites for hydroxylation is 1. The molecule has 0 saturated carbocycles. The largest absolute Gasteiger partial charge is 0.497 e. The smallest absolute Gasteiger partial charge is 0.356 e. The quantitative estimate of drug-likeness (QED) is 0.218. The minimum atomic E-state index is -1.06. The summed E-state index contributed by atoms with van der Waals surface area (Å²) in [6, 6.07) is 38.0. The number of hydrogen-bond donors (Lipinski definition) is 1. The van der Waals surface area contributed by atoms with E-state index in [-0.39, 0.29) is 5.69 Å². The Labute approximate surface area is 249 Å². The van der Waals surface area contributed by atoms with Crippen LogP contribution in [0.1, 0.15) is 38.3 Å². The van der Waals surface area contributed by atoms with Gasteiger partial charge < -0.3 is 9.84 Å². The molecule has 2 heterocycles. The fourth-order valence-electron chi connectivity index (χ4n) is 6.18. The third kappa shape index (κ3) is 4.28. The van der Waals surface area contributed by atoms with E-state index in [1.54, 1.807) is 7.11 Å². The molecule has 0 saturated heterocycles. The predicted octanol–water partition coefficient (Wildman–Crippen LogP) is 6.65. The van der Waals surface area contributed by atoms with E-state index in [4.69, 9.17) is 19.8 Å². The van der Waals surface area contributed by atoms with E-state index in [9.17, 15) is 9.90 Å². The van der Waals surface area contributed by atoms with Crippen molar-refractivity contribution in [2.45, 2.75) is 18.4 Å².